The molecule has 0 bridgehead atoms. The van der Waals surface area contributed by atoms with Gasteiger partial charge in [-0.05, 0) is 25.0 Å². The minimum atomic E-state index is -0.206. The number of hydrogen-bond donors (Lipinski definition) is 4. The maximum Gasteiger partial charge on any atom is 0.126 e. The Balaban J connectivity index is 1.74. The van der Waals surface area contributed by atoms with Gasteiger partial charge in [-0.25, -0.2) is 4.98 Å². The van der Waals surface area contributed by atoms with E-state index in [-0.39, 0.29) is 12.1 Å². The molecule has 22 heavy (non-hydrogen) atoms. The summed E-state index contributed by atoms with van der Waals surface area (Å²) in [5.41, 5.74) is 10.1. The van der Waals surface area contributed by atoms with Gasteiger partial charge in [0.2, 0.25) is 0 Å². The second kappa shape index (κ2) is 4.96. The van der Waals surface area contributed by atoms with Crippen LogP contribution < -0.4 is 11.1 Å². The van der Waals surface area contributed by atoms with Crippen molar-refractivity contribution in [3.05, 3.63) is 30.6 Å². The zero-order valence-corrected chi connectivity index (χ0v) is 11.8. The highest BCUT2D eigenvalue weighted by Gasteiger charge is 2.27. The van der Waals surface area contributed by atoms with E-state index >= 15 is 0 Å². The molecule has 0 unspecified atom stereocenters. The molecule has 3 heterocycles. The number of nitrogens with one attached hydrogen (secondary N) is 2. The van der Waals surface area contributed by atoms with Crippen LogP contribution in [0.1, 0.15) is 12.8 Å². The van der Waals surface area contributed by atoms with Gasteiger partial charge in [0.05, 0.1) is 23.0 Å². The smallest absolute Gasteiger partial charge is 0.126 e. The summed E-state index contributed by atoms with van der Waals surface area (Å²) in [7, 11) is 0. The summed E-state index contributed by atoms with van der Waals surface area (Å²) < 4.78 is 0. The molecule has 0 aliphatic heterocycles. The van der Waals surface area contributed by atoms with Crippen LogP contribution in [0.4, 0.5) is 11.5 Å². The van der Waals surface area contributed by atoms with Crippen molar-refractivity contribution in [2.24, 2.45) is 0 Å². The Bertz CT molecular complexity index is 810. The number of hydrogen-bond acceptors (Lipinski definition) is 6. The third kappa shape index (κ3) is 2.25. The number of nitrogen functional groups attached to an aromatic ring is 1. The zero-order chi connectivity index (χ0) is 15.1. The fraction of sp³-hybridized carbons (Fsp3) is 0.267. The number of fused-ring (bicyclic) bond motifs is 1. The van der Waals surface area contributed by atoms with Crippen molar-refractivity contribution in [1.82, 2.24) is 20.2 Å². The van der Waals surface area contributed by atoms with Crippen molar-refractivity contribution >= 4 is 22.5 Å². The first-order valence-corrected chi connectivity index (χ1v) is 7.19. The lowest BCUT2D eigenvalue weighted by molar-refractivity contribution is 0.0837. The lowest BCUT2D eigenvalue weighted by Crippen LogP contribution is -2.39. The van der Waals surface area contributed by atoms with E-state index in [1.165, 1.54) is 0 Å². The molecule has 3 aromatic rings. The van der Waals surface area contributed by atoms with Crippen molar-refractivity contribution in [2.75, 3.05) is 11.1 Å². The van der Waals surface area contributed by atoms with Crippen molar-refractivity contribution in [2.45, 2.75) is 25.0 Å². The van der Waals surface area contributed by atoms with Gasteiger partial charge in [0.15, 0.2) is 0 Å². The molecule has 0 atom stereocenters. The van der Waals surface area contributed by atoms with Crippen molar-refractivity contribution in [1.29, 1.82) is 0 Å². The molecule has 4 rings (SSSR count). The van der Waals surface area contributed by atoms with E-state index in [1.807, 2.05) is 12.1 Å². The monoisotopic (exact) mass is 296 g/mol. The molecule has 5 N–H and O–H groups in total. The molecule has 1 fully saturated rings. The van der Waals surface area contributed by atoms with Crippen molar-refractivity contribution < 1.29 is 5.11 Å². The molecular weight excluding hydrogens is 280 g/mol. The molecule has 3 aromatic heterocycles. The Labute approximate surface area is 126 Å². The van der Waals surface area contributed by atoms with E-state index < -0.39 is 0 Å². The summed E-state index contributed by atoms with van der Waals surface area (Å²) in [5, 5.41) is 19.6. The number of aliphatic hydroxyl groups excluding tert-OH is 1. The third-order valence-electron chi connectivity index (χ3n) is 3.95. The van der Waals surface area contributed by atoms with Gasteiger partial charge in [-0.1, -0.05) is 0 Å². The molecule has 1 aliphatic carbocycles. The molecule has 0 saturated heterocycles. The third-order valence-corrected chi connectivity index (χ3v) is 3.95. The van der Waals surface area contributed by atoms with Crippen LogP contribution in [0.15, 0.2) is 30.6 Å². The van der Waals surface area contributed by atoms with E-state index in [1.54, 1.807) is 18.5 Å². The first-order valence-electron chi connectivity index (χ1n) is 7.19. The number of rotatable bonds is 3. The van der Waals surface area contributed by atoms with Crippen LogP contribution in [0.2, 0.25) is 0 Å². The summed E-state index contributed by atoms with van der Waals surface area (Å²) in [5.74, 6) is 0.443. The Kier molecular flexibility index (Phi) is 2.93. The number of nitrogens with zero attached hydrogens (tertiary/aromatic N) is 3. The van der Waals surface area contributed by atoms with Crippen LogP contribution in [0.5, 0.6) is 0 Å². The van der Waals surface area contributed by atoms with Gasteiger partial charge >= 0.3 is 0 Å². The first-order chi connectivity index (χ1) is 10.7. The van der Waals surface area contributed by atoms with Gasteiger partial charge in [-0.15, -0.1) is 0 Å². The molecule has 7 heteroatoms. The van der Waals surface area contributed by atoms with Crippen LogP contribution >= 0.6 is 0 Å². The minimum absolute atomic E-state index is 0.206. The average Bonchev–Trinajstić information content (AvgIpc) is 2.99. The lowest BCUT2D eigenvalue weighted by atomic mass is 9.89. The summed E-state index contributed by atoms with van der Waals surface area (Å²) >= 11 is 0. The van der Waals surface area contributed by atoms with Crippen molar-refractivity contribution in [3.63, 3.8) is 0 Å². The number of aromatic amines is 1. The second-order valence-electron chi connectivity index (χ2n) is 5.62. The number of anilines is 2. The molecule has 1 saturated carbocycles. The van der Waals surface area contributed by atoms with Gasteiger partial charge in [0.25, 0.3) is 0 Å². The Morgan fingerprint density at radius 2 is 2.18 bits per heavy atom. The molecular formula is C15H16N6O. The van der Waals surface area contributed by atoms with Crippen LogP contribution in [0.3, 0.4) is 0 Å². The predicted molar refractivity (Wildman–Crippen MR) is 84.2 cm³/mol. The fourth-order valence-electron chi connectivity index (χ4n) is 2.73. The van der Waals surface area contributed by atoms with E-state index in [0.717, 1.165) is 40.8 Å². The molecule has 0 radical (unpaired) electrons. The highest BCUT2D eigenvalue weighted by molar-refractivity contribution is 5.91. The Hall–Kier alpha value is -2.67. The predicted octanol–water partition coefficient (Wildman–Crippen LogP) is 1.54. The molecule has 0 aromatic carbocycles. The number of nitrogens with two attached hydrogens (primary N) is 1. The molecule has 112 valence electrons. The standard InChI is InChI=1S/C15H16N6O/c16-14-6-13(19-9-4-10(22)5-9)15-12(20-14)3-8(7-17-15)11-1-2-18-21-11/h1-3,6-7,9-10,22H,4-5H2,(H,18,21)(H3,16,19,20)/t9-,10-. The zero-order valence-electron chi connectivity index (χ0n) is 11.8. The van der Waals surface area contributed by atoms with Gasteiger partial charge in [0, 0.05) is 30.1 Å². The normalized spacial score (nSPS) is 20.8. The topological polar surface area (TPSA) is 113 Å². The highest BCUT2D eigenvalue weighted by Crippen LogP contribution is 2.30. The molecule has 0 amide bonds. The summed E-state index contributed by atoms with van der Waals surface area (Å²) in [6, 6.07) is 5.86. The van der Waals surface area contributed by atoms with Crippen LogP contribution in [-0.2, 0) is 0 Å². The second-order valence-corrected chi connectivity index (χ2v) is 5.62. The first kappa shape index (κ1) is 13.0. The van der Waals surface area contributed by atoms with E-state index in [4.69, 9.17) is 5.73 Å². The summed E-state index contributed by atoms with van der Waals surface area (Å²) in [6.07, 6.45) is 4.77. The molecule has 1 aliphatic rings. The van der Waals surface area contributed by atoms with E-state index in [0.29, 0.717) is 5.82 Å². The largest absolute Gasteiger partial charge is 0.393 e. The average molecular weight is 296 g/mol. The fourth-order valence-corrected chi connectivity index (χ4v) is 2.73. The van der Waals surface area contributed by atoms with Crippen LogP contribution in [0, 0.1) is 0 Å². The highest BCUT2D eigenvalue weighted by atomic mass is 16.3. The van der Waals surface area contributed by atoms with Gasteiger partial charge in [0.1, 0.15) is 11.3 Å². The van der Waals surface area contributed by atoms with Gasteiger partial charge in [-0.3, -0.25) is 10.1 Å². The number of aromatic nitrogens is 4. The van der Waals surface area contributed by atoms with Gasteiger partial charge < -0.3 is 16.2 Å². The molecule has 7 nitrogen and oxygen atoms in total. The Morgan fingerprint density at radius 3 is 2.91 bits per heavy atom. The number of H-pyrrole nitrogens is 1. The maximum atomic E-state index is 9.40. The van der Waals surface area contributed by atoms with Crippen molar-refractivity contribution in [3.8, 4) is 11.3 Å². The van der Waals surface area contributed by atoms with E-state index in [9.17, 15) is 5.11 Å². The lowest BCUT2D eigenvalue weighted by Gasteiger charge is -2.33. The summed E-state index contributed by atoms with van der Waals surface area (Å²) in [6.45, 7) is 0. The van der Waals surface area contributed by atoms with Gasteiger partial charge in [-0.2, -0.15) is 5.10 Å². The SMILES string of the molecule is Nc1cc(N[C@H]2C[C@H](O)C2)c2ncc(-c3ccn[nH]3)cc2n1. The quantitative estimate of drug-likeness (QED) is 0.583. The van der Waals surface area contributed by atoms with Crippen LogP contribution in [0.25, 0.3) is 22.3 Å². The van der Waals surface area contributed by atoms with E-state index in [2.05, 4.69) is 25.5 Å². The number of aliphatic hydroxyl groups is 1. The maximum absolute atomic E-state index is 9.40. The minimum Gasteiger partial charge on any atom is -0.393 e. The van der Waals surface area contributed by atoms with Crippen LogP contribution in [-0.4, -0.2) is 37.4 Å². The summed E-state index contributed by atoms with van der Waals surface area (Å²) in [4.78, 5) is 8.88. The molecule has 0 spiro atoms. The Morgan fingerprint density at radius 1 is 1.32 bits per heavy atom. The number of pyridine rings is 2.